The number of phenolic OH excluding ortho intramolecular Hbond substituents is 1. The number of phenols is 1. The molecule has 0 saturated heterocycles. The van der Waals surface area contributed by atoms with Crippen molar-refractivity contribution in [2.24, 2.45) is 0 Å². The number of aliphatic hydroxyl groups excluding tert-OH is 1. The van der Waals surface area contributed by atoms with Crippen LogP contribution in [-0.2, 0) is 5.41 Å². The van der Waals surface area contributed by atoms with Crippen LogP contribution in [0.3, 0.4) is 0 Å². The first kappa shape index (κ1) is 10.6. The second-order valence-corrected chi connectivity index (χ2v) is 5.01. The van der Waals surface area contributed by atoms with Gasteiger partial charge >= 0.3 is 0 Å². The van der Waals surface area contributed by atoms with Crippen molar-refractivity contribution in [2.45, 2.75) is 24.7 Å². The van der Waals surface area contributed by atoms with Gasteiger partial charge in [0.2, 0.25) is 0 Å². The fourth-order valence-corrected chi connectivity index (χ4v) is 2.73. The third-order valence-corrected chi connectivity index (χ3v) is 4.08. The van der Waals surface area contributed by atoms with E-state index in [1.165, 1.54) is 6.42 Å². The molecule has 1 aliphatic carbocycles. The molecule has 3 rings (SSSR count). The number of fused-ring (bicyclic) bond motifs is 1. The Morgan fingerprint density at radius 3 is 2.59 bits per heavy atom. The van der Waals surface area contributed by atoms with Gasteiger partial charge in [-0.05, 0) is 35.9 Å². The number of aromatic hydroxyl groups is 1. The number of rotatable bonds is 2. The van der Waals surface area contributed by atoms with Gasteiger partial charge in [0.25, 0.3) is 0 Å². The first-order chi connectivity index (χ1) is 8.25. The summed E-state index contributed by atoms with van der Waals surface area (Å²) >= 11 is 0. The molecule has 1 fully saturated rings. The van der Waals surface area contributed by atoms with Gasteiger partial charge in [-0.2, -0.15) is 0 Å². The van der Waals surface area contributed by atoms with E-state index < -0.39 is 0 Å². The van der Waals surface area contributed by atoms with Crippen molar-refractivity contribution in [2.75, 3.05) is 6.61 Å². The van der Waals surface area contributed by atoms with Gasteiger partial charge < -0.3 is 10.2 Å². The zero-order chi connectivity index (χ0) is 11.9. The van der Waals surface area contributed by atoms with Gasteiger partial charge in [0.15, 0.2) is 0 Å². The first-order valence-electron chi connectivity index (χ1n) is 6.08. The summed E-state index contributed by atoms with van der Waals surface area (Å²) in [5.41, 5.74) is 1.09. The van der Waals surface area contributed by atoms with Crippen molar-refractivity contribution in [3.05, 3.63) is 42.0 Å². The van der Waals surface area contributed by atoms with Crippen LogP contribution in [0.5, 0.6) is 5.75 Å². The van der Waals surface area contributed by atoms with E-state index >= 15 is 0 Å². The average Bonchev–Trinajstić information content (AvgIpc) is 2.29. The van der Waals surface area contributed by atoms with Crippen molar-refractivity contribution < 1.29 is 10.2 Å². The highest BCUT2D eigenvalue weighted by molar-refractivity contribution is 5.88. The lowest BCUT2D eigenvalue weighted by Gasteiger charge is -2.41. The third kappa shape index (κ3) is 1.52. The molecule has 2 aromatic carbocycles. The Balaban J connectivity index is 2.16. The molecule has 0 heterocycles. The van der Waals surface area contributed by atoms with E-state index in [1.807, 2.05) is 24.3 Å². The van der Waals surface area contributed by atoms with E-state index in [1.54, 1.807) is 6.07 Å². The predicted molar refractivity (Wildman–Crippen MR) is 68.2 cm³/mol. The van der Waals surface area contributed by atoms with Gasteiger partial charge in [0.05, 0.1) is 6.61 Å². The van der Waals surface area contributed by atoms with Crippen LogP contribution in [0.1, 0.15) is 24.8 Å². The van der Waals surface area contributed by atoms with Crippen molar-refractivity contribution in [3.63, 3.8) is 0 Å². The summed E-state index contributed by atoms with van der Waals surface area (Å²) in [6.07, 6.45) is 3.27. The fourth-order valence-electron chi connectivity index (χ4n) is 2.73. The lowest BCUT2D eigenvalue weighted by Crippen LogP contribution is -2.37. The fraction of sp³-hybridized carbons (Fsp3) is 0.333. The number of hydrogen-bond donors (Lipinski definition) is 2. The molecular formula is C15H16O2. The molecule has 1 saturated carbocycles. The van der Waals surface area contributed by atoms with Crippen molar-refractivity contribution in [3.8, 4) is 5.75 Å². The Kier molecular flexibility index (Phi) is 2.33. The first-order valence-corrected chi connectivity index (χ1v) is 6.08. The van der Waals surface area contributed by atoms with Crippen LogP contribution in [0.15, 0.2) is 36.4 Å². The second-order valence-electron chi connectivity index (χ2n) is 5.01. The minimum absolute atomic E-state index is 0.0591. The summed E-state index contributed by atoms with van der Waals surface area (Å²) in [5.74, 6) is 0.316. The van der Waals surface area contributed by atoms with Crippen LogP contribution >= 0.6 is 0 Å². The maximum absolute atomic E-state index is 9.86. The van der Waals surface area contributed by atoms with E-state index in [-0.39, 0.29) is 12.0 Å². The van der Waals surface area contributed by atoms with Gasteiger partial charge in [-0.15, -0.1) is 0 Å². The standard InChI is InChI=1S/C15H16O2/c16-10-15(7-2-8-15)12-6-5-11-3-1-4-14(17)13(11)9-12/h1,3-6,9,16-17H,2,7-8,10H2. The van der Waals surface area contributed by atoms with Crippen LogP contribution < -0.4 is 0 Å². The topological polar surface area (TPSA) is 40.5 Å². The minimum atomic E-state index is -0.0591. The van der Waals surface area contributed by atoms with Crippen molar-refractivity contribution in [1.82, 2.24) is 0 Å². The lowest BCUT2D eigenvalue weighted by molar-refractivity contribution is 0.120. The maximum Gasteiger partial charge on any atom is 0.123 e. The van der Waals surface area contributed by atoms with Crippen LogP contribution in [-0.4, -0.2) is 16.8 Å². The molecule has 88 valence electrons. The highest BCUT2D eigenvalue weighted by atomic mass is 16.3. The summed E-state index contributed by atoms with van der Waals surface area (Å²) in [6, 6.07) is 11.7. The largest absolute Gasteiger partial charge is 0.507 e. The van der Waals surface area contributed by atoms with Crippen LogP contribution in [0.4, 0.5) is 0 Å². The SMILES string of the molecule is OCC1(c2ccc3cccc(O)c3c2)CCC1. The van der Waals surface area contributed by atoms with E-state index in [4.69, 9.17) is 0 Å². The minimum Gasteiger partial charge on any atom is -0.507 e. The molecule has 2 heteroatoms. The molecule has 1 aliphatic rings. The molecular weight excluding hydrogens is 212 g/mol. The smallest absolute Gasteiger partial charge is 0.123 e. The monoisotopic (exact) mass is 228 g/mol. The van der Waals surface area contributed by atoms with Gasteiger partial charge in [-0.25, -0.2) is 0 Å². The maximum atomic E-state index is 9.86. The van der Waals surface area contributed by atoms with Crippen LogP contribution in [0, 0.1) is 0 Å². The van der Waals surface area contributed by atoms with Crippen molar-refractivity contribution >= 4 is 10.8 Å². The quantitative estimate of drug-likeness (QED) is 0.829. The van der Waals surface area contributed by atoms with Gasteiger partial charge in [-0.1, -0.05) is 30.7 Å². The molecule has 0 aliphatic heterocycles. The Bertz CT molecular complexity index is 550. The molecule has 0 spiro atoms. The Labute approximate surface area is 101 Å². The zero-order valence-electron chi connectivity index (χ0n) is 9.69. The van der Waals surface area contributed by atoms with E-state index in [0.717, 1.165) is 29.2 Å². The molecule has 2 N–H and O–H groups in total. The zero-order valence-corrected chi connectivity index (χ0v) is 9.69. The van der Waals surface area contributed by atoms with E-state index in [9.17, 15) is 10.2 Å². The molecule has 0 amide bonds. The highest BCUT2D eigenvalue weighted by Gasteiger charge is 2.38. The molecule has 0 unspecified atom stereocenters. The number of benzene rings is 2. The van der Waals surface area contributed by atoms with Crippen LogP contribution in [0.25, 0.3) is 10.8 Å². The van der Waals surface area contributed by atoms with Gasteiger partial charge in [0, 0.05) is 10.8 Å². The number of hydrogen-bond acceptors (Lipinski definition) is 2. The second kappa shape index (κ2) is 3.74. The number of aliphatic hydroxyl groups is 1. The lowest BCUT2D eigenvalue weighted by atomic mass is 9.65. The molecule has 0 radical (unpaired) electrons. The molecule has 0 bridgehead atoms. The Hall–Kier alpha value is -1.54. The summed E-state index contributed by atoms with van der Waals surface area (Å²) in [5, 5.41) is 21.4. The molecule has 17 heavy (non-hydrogen) atoms. The molecule has 2 aromatic rings. The Morgan fingerprint density at radius 1 is 1.12 bits per heavy atom. The van der Waals surface area contributed by atoms with Gasteiger partial charge in [-0.3, -0.25) is 0 Å². The Morgan fingerprint density at radius 2 is 1.94 bits per heavy atom. The summed E-state index contributed by atoms with van der Waals surface area (Å²) in [6.45, 7) is 0.200. The average molecular weight is 228 g/mol. The summed E-state index contributed by atoms with van der Waals surface area (Å²) in [4.78, 5) is 0. The summed E-state index contributed by atoms with van der Waals surface area (Å²) < 4.78 is 0. The molecule has 2 nitrogen and oxygen atoms in total. The highest BCUT2D eigenvalue weighted by Crippen LogP contribution is 2.44. The predicted octanol–water partition coefficient (Wildman–Crippen LogP) is 2.96. The van der Waals surface area contributed by atoms with E-state index in [2.05, 4.69) is 6.07 Å². The van der Waals surface area contributed by atoms with Gasteiger partial charge in [0.1, 0.15) is 5.75 Å². The third-order valence-electron chi connectivity index (χ3n) is 4.08. The summed E-state index contributed by atoms with van der Waals surface area (Å²) in [7, 11) is 0. The van der Waals surface area contributed by atoms with E-state index in [0.29, 0.717) is 5.75 Å². The van der Waals surface area contributed by atoms with Crippen LogP contribution in [0.2, 0.25) is 0 Å². The van der Waals surface area contributed by atoms with Crippen molar-refractivity contribution in [1.29, 1.82) is 0 Å². The normalized spacial score (nSPS) is 17.9. The molecule has 0 atom stereocenters. The molecule has 0 aromatic heterocycles.